The van der Waals surface area contributed by atoms with E-state index in [1.165, 1.54) is 24.3 Å². The van der Waals surface area contributed by atoms with Gasteiger partial charge in [0.05, 0.1) is 18.7 Å². The second kappa shape index (κ2) is 6.19. The molecule has 0 aromatic heterocycles. The summed E-state index contributed by atoms with van der Waals surface area (Å²) in [6.07, 6.45) is -4.37. The van der Waals surface area contributed by atoms with Crippen molar-refractivity contribution in [2.24, 2.45) is 0 Å². The Morgan fingerprint density at radius 2 is 1.74 bits per heavy atom. The first-order valence-electron chi connectivity index (χ1n) is 5.18. The molecule has 1 aromatic carbocycles. The summed E-state index contributed by atoms with van der Waals surface area (Å²) >= 11 is 0. The van der Waals surface area contributed by atoms with Crippen molar-refractivity contribution in [2.45, 2.75) is 6.18 Å². The highest BCUT2D eigenvalue weighted by atomic mass is 19.4. The van der Waals surface area contributed by atoms with Gasteiger partial charge in [0, 0.05) is 5.69 Å². The van der Waals surface area contributed by atoms with Gasteiger partial charge in [-0.3, -0.25) is 4.79 Å². The summed E-state index contributed by atoms with van der Waals surface area (Å²) in [4.78, 5) is 21.8. The molecule has 1 amide bonds. The standard InChI is InChI=1S/C11H11F3N2O3/c12-11(13,14)6-15-5-9(17)16-8-3-1-7(2-4-8)10(18)19/h1-4,15H,5-6H2,(H,16,17)(H,18,19). The van der Waals surface area contributed by atoms with Crippen LogP contribution in [0.1, 0.15) is 10.4 Å². The third-order valence-corrected chi connectivity index (χ3v) is 2.03. The lowest BCUT2D eigenvalue weighted by atomic mass is 10.2. The lowest BCUT2D eigenvalue weighted by molar-refractivity contribution is -0.126. The minimum absolute atomic E-state index is 0.0493. The molecule has 8 heteroatoms. The van der Waals surface area contributed by atoms with E-state index in [9.17, 15) is 22.8 Å². The molecular weight excluding hydrogens is 265 g/mol. The Balaban J connectivity index is 2.42. The van der Waals surface area contributed by atoms with Gasteiger partial charge < -0.3 is 15.7 Å². The van der Waals surface area contributed by atoms with Gasteiger partial charge >= 0.3 is 12.1 Å². The molecule has 0 fully saturated rings. The van der Waals surface area contributed by atoms with E-state index >= 15 is 0 Å². The van der Waals surface area contributed by atoms with E-state index in [0.29, 0.717) is 5.69 Å². The lowest BCUT2D eigenvalue weighted by Gasteiger charge is -2.08. The van der Waals surface area contributed by atoms with Gasteiger partial charge in [0.25, 0.3) is 0 Å². The average Bonchev–Trinajstić information content (AvgIpc) is 2.27. The molecule has 104 valence electrons. The van der Waals surface area contributed by atoms with Crippen molar-refractivity contribution in [3.63, 3.8) is 0 Å². The molecule has 0 atom stereocenters. The number of carboxylic acids is 1. The third-order valence-electron chi connectivity index (χ3n) is 2.03. The molecule has 0 unspecified atom stereocenters. The molecule has 0 heterocycles. The predicted molar refractivity (Wildman–Crippen MR) is 61.0 cm³/mol. The number of hydrogen-bond donors (Lipinski definition) is 3. The number of benzene rings is 1. The minimum Gasteiger partial charge on any atom is -0.478 e. The zero-order valence-corrected chi connectivity index (χ0v) is 9.62. The Labute approximate surface area is 106 Å². The Hall–Kier alpha value is -2.09. The molecule has 3 N–H and O–H groups in total. The maximum Gasteiger partial charge on any atom is 0.401 e. The highest BCUT2D eigenvalue weighted by molar-refractivity contribution is 5.93. The van der Waals surface area contributed by atoms with Crippen LogP contribution in [0.2, 0.25) is 0 Å². The molecule has 0 radical (unpaired) electrons. The number of alkyl halides is 3. The van der Waals surface area contributed by atoms with Crippen molar-refractivity contribution < 1.29 is 27.9 Å². The maximum atomic E-state index is 11.8. The molecule has 0 saturated carbocycles. The van der Waals surface area contributed by atoms with E-state index in [1.807, 2.05) is 5.32 Å². The molecule has 0 spiro atoms. The number of aromatic carboxylic acids is 1. The van der Waals surface area contributed by atoms with E-state index in [4.69, 9.17) is 5.11 Å². The van der Waals surface area contributed by atoms with E-state index in [-0.39, 0.29) is 5.56 Å². The van der Waals surface area contributed by atoms with Gasteiger partial charge in [-0.2, -0.15) is 13.2 Å². The zero-order valence-electron chi connectivity index (χ0n) is 9.62. The normalized spacial score (nSPS) is 11.1. The molecule has 19 heavy (non-hydrogen) atoms. The quantitative estimate of drug-likeness (QED) is 0.761. The van der Waals surface area contributed by atoms with Crippen LogP contribution in [-0.4, -0.2) is 36.2 Å². The number of nitrogens with one attached hydrogen (secondary N) is 2. The number of carbonyl (C=O) groups is 2. The van der Waals surface area contributed by atoms with Crippen LogP contribution in [0, 0.1) is 0 Å². The molecule has 1 rings (SSSR count). The predicted octanol–water partition coefficient (Wildman–Crippen LogP) is 1.48. The number of amides is 1. The first kappa shape index (κ1) is 15.0. The van der Waals surface area contributed by atoms with Crippen LogP contribution in [0.5, 0.6) is 0 Å². The van der Waals surface area contributed by atoms with Gasteiger partial charge in [-0.15, -0.1) is 0 Å². The van der Waals surface area contributed by atoms with Crippen LogP contribution in [0.4, 0.5) is 18.9 Å². The van der Waals surface area contributed by atoms with Crippen LogP contribution >= 0.6 is 0 Å². The lowest BCUT2D eigenvalue weighted by Crippen LogP contribution is -2.35. The SMILES string of the molecule is O=C(CNCC(F)(F)F)Nc1ccc(C(=O)O)cc1. The fourth-order valence-corrected chi connectivity index (χ4v) is 1.22. The Morgan fingerprint density at radius 1 is 1.16 bits per heavy atom. The van der Waals surface area contributed by atoms with E-state index in [1.54, 1.807) is 0 Å². The molecule has 0 aliphatic heterocycles. The molecular formula is C11H11F3N2O3. The maximum absolute atomic E-state index is 11.8. The van der Waals surface area contributed by atoms with Gasteiger partial charge in [-0.25, -0.2) is 4.79 Å². The number of carbonyl (C=O) groups excluding carboxylic acids is 1. The Kier molecular flexibility index (Phi) is 4.87. The topological polar surface area (TPSA) is 78.4 Å². The van der Waals surface area contributed by atoms with Crippen LogP contribution in [0.15, 0.2) is 24.3 Å². The van der Waals surface area contributed by atoms with Crippen molar-refractivity contribution in [3.8, 4) is 0 Å². The number of rotatable bonds is 5. The van der Waals surface area contributed by atoms with Gasteiger partial charge in [-0.1, -0.05) is 0 Å². The fourth-order valence-electron chi connectivity index (χ4n) is 1.22. The Morgan fingerprint density at radius 3 is 2.21 bits per heavy atom. The second-order valence-corrected chi connectivity index (χ2v) is 3.65. The van der Waals surface area contributed by atoms with Gasteiger partial charge in [0.1, 0.15) is 0 Å². The molecule has 1 aromatic rings. The number of carboxylic acid groups (broad SMARTS) is 1. The van der Waals surface area contributed by atoms with Crippen LogP contribution < -0.4 is 10.6 Å². The van der Waals surface area contributed by atoms with Crippen molar-refractivity contribution >= 4 is 17.6 Å². The number of halogens is 3. The first-order valence-corrected chi connectivity index (χ1v) is 5.18. The van der Waals surface area contributed by atoms with Crippen LogP contribution in [-0.2, 0) is 4.79 Å². The summed E-state index contributed by atoms with van der Waals surface area (Å²) < 4.78 is 35.4. The smallest absolute Gasteiger partial charge is 0.401 e. The third kappa shape index (κ3) is 5.87. The number of hydrogen-bond acceptors (Lipinski definition) is 3. The largest absolute Gasteiger partial charge is 0.478 e. The van der Waals surface area contributed by atoms with Crippen molar-refractivity contribution in [2.75, 3.05) is 18.4 Å². The average molecular weight is 276 g/mol. The van der Waals surface area contributed by atoms with Gasteiger partial charge in [-0.05, 0) is 24.3 Å². The van der Waals surface area contributed by atoms with E-state index in [2.05, 4.69) is 5.32 Å². The summed E-state index contributed by atoms with van der Waals surface area (Å²) in [5.74, 6) is -1.75. The molecule has 5 nitrogen and oxygen atoms in total. The number of anilines is 1. The second-order valence-electron chi connectivity index (χ2n) is 3.65. The van der Waals surface area contributed by atoms with Crippen molar-refractivity contribution in [1.29, 1.82) is 0 Å². The monoisotopic (exact) mass is 276 g/mol. The summed E-state index contributed by atoms with van der Waals surface area (Å²) in [6.45, 7) is -1.74. The highest BCUT2D eigenvalue weighted by Gasteiger charge is 2.26. The van der Waals surface area contributed by atoms with E-state index in [0.717, 1.165) is 0 Å². The first-order chi connectivity index (χ1) is 8.78. The Bertz CT molecular complexity index is 457. The molecule has 0 saturated heterocycles. The zero-order chi connectivity index (χ0) is 14.5. The minimum atomic E-state index is -4.37. The summed E-state index contributed by atoms with van der Waals surface area (Å²) in [5, 5.41) is 12.9. The molecule has 0 aliphatic carbocycles. The van der Waals surface area contributed by atoms with Crippen LogP contribution in [0.3, 0.4) is 0 Å². The van der Waals surface area contributed by atoms with Gasteiger partial charge in [0.2, 0.25) is 5.91 Å². The summed E-state index contributed by atoms with van der Waals surface area (Å²) in [5.41, 5.74) is 0.358. The van der Waals surface area contributed by atoms with E-state index < -0.39 is 31.1 Å². The van der Waals surface area contributed by atoms with Gasteiger partial charge in [0.15, 0.2) is 0 Å². The van der Waals surface area contributed by atoms with Crippen molar-refractivity contribution in [1.82, 2.24) is 5.32 Å². The summed E-state index contributed by atoms with van der Waals surface area (Å²) in [6, 6.07) is 5.26. The molecule has 0 aliphatic rings. The van der Waals surface area contributed by atoms with Crippen molar-refractivity contribution in [3.05, 3.63) is 29.8 Å². The van der Waals surface area contributed by atoms with Crippen LogP contribution in [0.25, 0.3) is 0 Å². The fraction of sp³-hybridized carbons (Fsp3) is 0.273. The summed E-state index contributed by atoms with van der Waals surface area (Å²) in [7, 11) is 0. The highest BCUT2D eigenvalue weighted by Crippen LogP contribution is 2.12. The molecule has 0 bridgehead atoms.